The number of hydrogen-bond acceptors (Lipinski definition) is 3. The van der Waals surface area contributed by atoms with E-state index in [0.717, 1.165) is 0 Å². The minimum absolute atomic E-state index is 0.0619. The lowest BCUT2D eigenvalue weighted by atomic mass is 10.2. The molecule has 1 heterocycles. The molecule has 1 rings (SSSR count). The number of allylic oxidation sites excluding steroid dienone is 1. The van der Waals surface area contributed by atoms with Crippen LogP contribution in [0, 0.1) is 0 Å². The summed E-state index contributed by atoms with van der Waals surface area (Å²) in [4.78, 5) is 11.1. The summed E-state index contributed by atoms with van der Waals surface area (Å²) < 4.78 is 4.74. The van der Waals surface area contributed by atoms with Gasteiger partial charge in [-0.15, -0.1) is 0 Å². The van der Waals surface area contributed by atoms with Gasteiger partial charge in [0.25, 0.3) is 0 Å². The number of furan rings is 1. The molecular formula is C8H9NO2. The Bertz CT molecular complexity index is 249. The average Bonchev–Trinajstić information content (AvgIpc) is 2.52. The average molecular weight is 151 g/mol. The van der Waals surface area contributed by atoms with Crippen molar-refractivity contribution in [1.29, 1.82) is 0 Å². The fourth-order valence-electron chi connectivity index (χ4n) is 0.660. The van der Waals surface area contributed by atoms with Gasteiger partial charge < -0.3 is 9.73 Å². The van der Waals surface area contributed by atoms with Crippen molar-refractivity contribution in [1.82, 2.24) is 5.32 Å². The molecule has 0 spiro atoms. The molecule has 0 fully saturated rings. The number of hydrogen-bond donors (Lipinski definition) is 1. The quantitative estimate of drug-likeness (QED) is 0.521. The van der Waals surface area contributed by atoms with Gasteiger partial charge in [0.1, 0.15) is 6.26 Å². The predicted octanol–water partition coefficient (Wildman–Crippen LogP) is 1.20. The largest absolute Gasteiger partial charge is 0.472 e. The maximum atomic E-state index is 11.1. The molecule has 0 amide bonds. The van der Waals surface area contributed by atoms with E-state index in [0.29, 0.717) is 5.56 Å². The topological polar surface area (TPSA) is 42.2 Å². The summed E-state index contributed by atoms with van der Waals surface area (Å²) in [6.07, 6.45) is 5.92. The first-order chi connectivity index (χ1) is 5.34. The predicted molar refractivity (Wildman–Crippen MR) is 41.2 cm³/mol. The second kappa shape index (κ2) is 3.61. The van der Waals surface area contributed by atoms with Crippen LogP contribution >= 0.6 is 0 Å². The van der Waals surface area contributed by atoms with Crippen molar-refractivity contribution in [2.24, 2.45) is 0 Å². The lowest BCUT2D eigenvalue weighted by Gasteiger charge is -1.86. The number of nitrogens with one attached hydrogen (secondary N) is 1. The van der Waals surface area contributed by atoms with Crippen LogP contribution < -0.4 is 5.32 Å². The molecule has 3 heteroatoms. The van der Waals surface area contributed by atoms with Gasteiger partial charge in [-0.25, -0.2) is 0 Å². The molecule has 0 bridgehead atoms. The monoisotopic (exact) mass is 151 g/mol. The Morgan fingerprint density at radius 3 is 3.09 bits per heavy atom. The third kappa shape index (κ3) is 1.97. The third-order valence-corrected chi connectivity index (χ3v) is 1.21. The van der Waals surface area contributed by atoms with Crippen molar-refractivity contribution in [3.8, 4) is 0 Å². The first kappa shape index (κ1) is 7.60. The summed E-state index contributed by atoms with van der Waals surface area (Å²) >= 11 is 0. The molecule has 1 aromatic rings. The summed E-state index contributed by atoms with van der Waals surface area (Å²) in [5.41, 5.74) is 0.566. The third-order valence-electron chi connectivity index (χ3n) is 1.21. The van der Waals surface area contributed by atoms with Gasteiger partial charge in [-0.3, -0.25) is 4.79 Å². The van der Waals surface area contributed by atoms with Gasteiger partial charge in [-0.05, 0) is 6.07 Å². The minimum Gasteiger partial charge on any atom is -0.472 e. The minimum atomic E-state index is -0.0619. The summed E-state index contributed by atoms with van der Waals surface area (Å²) in [5.74, 6) is -0.0619. The summed E-state index contributed by atoms with van der Waals surface area (Å²) in [6, 6.07) is 1.63. The van der Waals surface area contributed by atoms with E-state index in [1.165, 1.54) is 18.6 Å². The van der Waals surface area contributed by atoms with E-state index in [1.54, 1.807) is 19.3 Å². The molecule has 1 aromatic heterocycles. The van der Waals surface area contributed by atoms with Gasteiger partial charge in [0.15, 0.2) is 5.78 Å². The molecule has 0 aliphatic heterocycles. The van der Waals surface area contributed by atoms with Gasteiger partial charge in [-0.2, -0.15) is 0 Å². The highest BCUT2D eigenvalue weighted by molar-refractivity contribution is 6.04. The van der Waals surface area contributed by atoms with Crippen LogP contribution in [0.15, 0.2) is 35.3 Å². The van der Waals surface area contributed by atoms with E-state index in [1.807, 2.05) is 0 Å². The van der Waals surface area contributed by atoms with Crippen molar-refractivity contribution in [2.45, 2.75) is 0 Å². The lowest BCUT2D eigenvalue weighted by molar-refractivity contribution is 0.104. The molecule has 1 N–H and O–H groups in total. The van der Waals surface area contributed by atoms with Crippen LogP contribution in [0.25, 0.3) is 0 Å². The fourth-order valence-corrected chi connectivity index (χ4v) is 0.660. The van der Waals surface area contributed by atoms with Gasteiger partial charge in [0.2, 0.25) is 0 Å². The van der Waals surface area contributed by atoms with Gasteiger partial charge in [0.05, 0.1) is 11.8 Å². The number of carbonyl (C=O) groups is 1. The first-order valence-corrected chi connectivity index (χ1v) is 3.25. The van der Waals surface area contributed by atoms with Crippen molar-refractivity contribution < 1.29 is 9.21 Å². The Kier molecular flexibility index (Phi) is 2.49. The second-order valence-electron chi connectivity index (χ2n) is 2.00. The Hall–Kier alpha value is -1.51. The SMILES string of the molecule is CN/C=C/C(=O)c1ccoc1. The molecule has 0 aromatic carbocycles. The Balaban J connectivity index is 2.64. The molecule has 58 valence electrons. The molecule has 11 heavy (non-hydrogen) atoms. The number of rotatable bonds is 3. The maximum absolute atomic E-state index is 11.1. The van der Waals surface area contributed by atoms with E-state index in [4.69, 9.17) is 4.42 Å². The fraction of sp³-hybridized carbons (Fsp3) is 0.125. The molecule has 0 aliphatic carbocycles. The summed E-state index contributed by atoms with van der Waals surface area (Å²) in [5, 5.41) is 2.73. The molecule has 0 aliphatic rings. The van der Waals surface area contributed by atoms with Crippen LogP contribution in [0.2, 0.25) is 0 Å². The van der Waals surface area contributed by atoms with E-state index < -0.39 is 0 Å². The maximum Gasteiger partial charge on any atom is 0.190 e. The number of carbonyl (C=O) groups excluding carboxylic acids is 1. The highest BCUT2D eigenvalue weighted by atomic mass is 16.3. The van der Waals surface area contributed by atoms with Crippen LogP contribution in [0.3, 0.4) is 0 Å². The Labute approximate surface area is 64.7 Å². The zero-order chi connectivity index (χ0) is 8.10. The molecule has 0 unspecified atom stereocenters. The van der Waals surface area contributed by atoms with Crippen LogP contribution in [0.5, 0.6) is 0 Å². The summed E-state index contributed by atoms with van der Waals surface area (Å²) in [7, 11) is 1.74. The van der Waals surface area contributed by atoms with Crippen molar-refractivity contribution >= 4 is 5.78 Å². The molecular weight excluding hydrogens is 142 g/mol. The van der Waals surface area contributed by atoms with Gasteiger partial charge in [0, 0.05) is 19.3 Å². The first-order valence-electron chi connectivity index (χ1n) is 3.25. The highest BCUT2D eigenvalue weighted by Crippen LogP contribution is 2.00. The van der Waals surface area contributed by atoms with Gasteiger partial charge in [-0.1, -0.05) is 0 Å². The lowest BCUT2D eigenvalue weighted by Crippen LogP contribution is -1.96. The zero-order valence-corrected chi connectivity index (χ0v) is 6.20. The van der Waals surface area contributed by atoms with Crippen molar-refractivity contribution in [3.63, 3.8) is 0 Å². The Morgan fingerprint density at radius 1 is 1.73 bits per heavy atom. The van der Waals surface area contributed by atoms with E-state index in [2.05, 4.69) is 5.32 Å². The molecule has 0 radical (unpaired) electrons. The number of ketones is 1. The standard InChI is InChI=1S/C8H9NO2/c1-9-4-2-8(10)7-3-5-11-6-7/h2-6,9H,1H3/b4-2+. The van der Waals surface area contributed by atoms with Crippen molar-refractivity contribution in [3.05, 3.63) is 36.4 Å². The van der Waals surface area contributed by atoms with Crippen LogP contribution in [0.4, 0.5) is 0 Å². The molecule has 0 saturated heterocycles. The molecule has 0 atom stereocenters. The van der Waals surface area contributed by atoms with Crippen LogP contribution in [-0.2, 0) is 0 Å². The second-order valence-corrected chi connectivity index (χ2v) is 2.00. The summed E-state index contributed by atoms with van der Waals surface area (Å²) in [6.45, 7) is 0. The van der Waals surface area contributed by atoms with E-state index in [-0.39, 0.29) is 5.78 Å². The molecule has 3 nitrogen and oxygen atoms in total. The van der Waals surface area contributed by atoms with Crippen molar-refractivity contribution in [2.75, 3.05) is 7.05 Å². The Morgan fingerprint density at radius 2 is 2.55 bits per heavy atom. The van der Waals surface area contributed by atoms with E-state index in [9.17, 15) is 4.79 Å². The normalized spacial score (nSPS) is 10.3. The molecule has 0 saturated carbocycles. The van der Waals surface area contributed by atoms with Crippen LogP contribution in [-0.4, -0.2) is 12.8 Å². The van der Waals surface area contributed by atoms with Crippen LogP contribution in [0.1, 0.15) is 10.4 Å². The van der Waals surface area contributed by atoms with E-state index >= 15 is 0 Å². The zero-order valence-electron chi connectivity index (χ0n) is 6.20. The smallest absolute Gasteiger partial charge is 0.190 e. The highest BCUT2D eigenvalue weighted by Gasteiger charge is 2.00. The van der Waals surface area contributed by atoms with Gasteiger partial charge >= 0.3 is 0 Å².